The fraction of sp³-hybridized carbons (Fsp3) is 0.100. The lowest BCUT2D eigenvalue weighted by molar-refractivity contribution is -0.113. The summed E-state index contributed by atoms with van der Waals surface area (Å²) >= 11 is 1.38. The summed E-state index contributed by atoms with van der Waals surface area (Å²) in [5.41, 5.74) is 2.30. The molecule has 4 nitrogen and oxygen atoms in total. The summed E-state index contributed by atoms with van der Waals surface area (Å²) in [6, 6.07) is 14.0. The first-order valence-electron chi connectivity index (χ1n) is 8.10. The molecular weight excluding hydrogens is 351 g/mol. The second-order valence-electron chi connectivity index (χ2n) is 5.89. The van der Waals surface area contributed by atoms with Crippen LogP contribution >= 0.6 is 11.3 Å². The zero-order valence-corrected chi connectivity index (χ0v) is 14.6. The van der Waals surface area contributed by atoms with Crippen molar-refractivity contribution < 1.29 is 13.9 Å². The molecule has 3 aromatic rings. The maximum Gasteiger partial charge on any atom is 0.256 e. The molecule has 1 amide bonds. The number of ether oxygens (including phenoxy) is 1. The highest BCUT2D eigenvalue weighted by atomic mass is 32.1. The van der Waals surface area contributed by atoms with E-state index in [1.807, 2.05) is 36.4 Å². The second-order valence-corrected chi connectivity index (χ2v) is 7.00. The fourth-order valence-corrected chi connectivity index (χ4v) is 3.56. The number of amides is 1. The predicted octanol–water partition coefficient (Wildman–Crippen LogP) is 4.29. The molecule has 0 unspecified atom stereocenters. The standard InChI is InChI=1S/C20H15FN2O2S/c21-16-6-3-4-13(8-16)9-17-11-22-20(26-17)23-19(24)15-10-14-5-1-2-7-18(14)25-12-15/h1-8,10-11H,9,12H2,(H,22,23,24). The Morgan fingerprint density at radius 1 is 1.23 bits per heavy atom. The summed E-state index contributed by atoms with van der Waals surface area (Å²) in [6.45, 7) is 0.227. The van der Waals surface area contributed by atoms with Crippen LogP contribution in [-0.2, 0) is 11.2 Å². The molecule has 1 aliphatic rings. The van der Waals surface area contributed by atoms with Gasteiger partial charge >= 0.3 is 0 Å². The third-order valence-corrected chi connectivity index (χ3v) is 4.88. The highest BCUT2D eigenvalue weighted by Gasteiger charge is 2.18. The van der Waals surface area contributed by atoms with Crippen LogP contribution in [0.15, 0.2) is 60.3 Å². The summed E-state index contributed by atoms with van der Waals surface area (Å²) in [5.74, 6) is 0.284. The van der Waals surface area contributed by atoms with Gasteiger partial charge in [0.05, 0.1) is 5.57 Å². The van der Waals surface area contributed by atoms with Gasteiger partial charge in [-0.05, 0) is 29.8 Å². The SMILES string of the molecule is O=C(Nc1ncc(Cc2cccc(F)c2)s1)C1=Cc2ccccc2OC1. The van der Waals surface area contributed by atoms with Crippen LogP contribution in [0.3, 0.4) is 0 Å². The highest BCUT2D eigenvalue weighted by Crippen LogP contribution is 2.27. The Balaban J connectivity index is 1.44. The first-order chi connectivity index (χ1) is 12.7. The van der Waals surface area contributed by atoms with E-state index in [-0.39, 0.29) is 18.3 Å². The van der Waals surface area contributed by atoms with Crippen LogP contribution in [-0.4, -0.2) is 17.5 Å². The fourth-order valence-electron chi connectivity index (χ4n) is 2.72. The first-order valence-corrected chi connectivity index (χ1v) is 8.92. The number of nitrogens with zero attached hydrogens (tertiary/aromatic N) is 1. The van der Waals surface area contributed by atoms with Crippen molar-refractivity contribution in [2.75, 3.05) is 11.9 Å². The number of aromatic nitrogens is 1. The van der Waals surface area contributed by atoms with Crippen LogP contribution in [0, 0.1) is 5.82 Å². The number of anilines is 1. The molecule has 6 heteroatoms. The molecule has 0 saturated carbocycles. The van der Waals surface area contributed by atoms with E-state index in [1.54, 1.807) is 12.3 Å². The minimum Gasteiger partial charge on any atom is -0.488 e. The van der Waals surface area contributed by atoms with Crippen molar-refractivity contribution in [3.8, 4) is 5.75 Å². The van der Waals surface area contributed by atoms with Gasteiger partial charge in [0.15, 0.2) is 5.13 Å². The third kappa shape index (κ3) is 3.65. The van der Waals surface area contributed by atoms with E-state index >= 15 is 0 Å². The molecule has 0 saturated heterocycles. The van der Waals surface area contributed by atoms with Gasteiger partial charge in [-0.2, -0.15) is 0 Å². The van der Waals surface area contributed by atoms with E-state index in [0.29, 0.717) is 17.1 Å². The first kappa shape index (κ1) is 16.5. The van der Waals surface area contributed by atoms with Crippen LogP contribution in [0.1, 0.15) is 16.0 Å². The molecule has 0 aliphatic carbocycles. The molecule has 4 rings (SSSR count). The average Bonchev–Trinajstić information content (AvgIpc) is 3.08. The monoisotopic (exact) mass is 366 g/mol. The van der Waals surface area contributed by atoms with Crippen molar-refractivity contribution in [1.29, 1.82) is 0 Å². The Hall–Kier alpha value is -2.99. The van der Waals surface area contributed by atoms with Gasteiger partial charge in [-0.3, -0.25) is 10.1 Å². The van der Waals surface area contributed by atoms with Crippen LogP contribution in [0.2, 0.25) is 0 Å². The summed E-state index contributed by atoms with van der Waals surface area (Å²) in [7, 11) is 0. The molecule has 0 bridgehead atoms. The Kier molecular flexibility index (Phi) is 4.50. The lowest BCUT2D eigenvalue weighted by Crippen LogP contribution is -2.21. The summed E-state index contributed by atoms with van der Waals surface area (Å²) < 4.78 is 18.9. The van der Waals surface area contributed by atoms with Crippen molar-refractivity contribution in [2.45, 2.75) is 6.42 Å². The Bertz CT molecular complexity index is 997. The van der Waals surface area contributed by atoms with E-state index in [9.17, 15) is 9.18 Å². The minimum absolute atomic E-state index is 0.227. The summed E-state index contributed by atoms with van der Waals surface area (Å²) in [6.07, 6.45) is 4.10. The van der Waals surface area contributed by atoms with E-state index in [1.165, 1.54) is 23.5 Å². The Morgan fingerprint density at radius 3 is 3.00 bits per heavy atom. The molecule has 2 heterocycles. The van der Waals surface area contributed by atoms with Crippen molar-refractivity contribution in [3.05, 3.63) is 82.1 Å². The van der Waals surface area contributed by atoms with E-state index < -0.39 is 0 Å². The van der Waals surface area contributed by atoms with Gasteiger partial charge in [-0.1, -0.05) is 30.3 Å². The number of nitrogens with one attached hydrogen (secondary N) is 1. The van der Waals surface area contributed by atoms with Gasteiger partial charge in [0, 0.05) is 23.1 Å². The van der Waals surface area contributed by atoms with Gasteiger partial charge in [0.25, 0.3) is 5.91 Å². The topological polar surface area (TPSA) is 51.2 Å². The molecule has 0 radical (unpaired) electrons. The molecule has 0 fully saturated rings. The zero-order chi connectivity index (χ0) is 17.9. The summed E-state index contributed by atoms with van der Waals surface area (Å²) in [5, 5.41) is 3.32. The largest absolute Gasteiger partial charge is 0.488 e. The van der Waals surface area contributed by atoms with E-state index in [0.717, 1.165) is 21.8 Å². The number of rotatable bonds is 4. The Labute approximate surface area is 154 Å². The number of hydrogen-bond donors (Lipinski definition) is 1. The van der Waals surface area contributed by atoms with Crippen LogP contribution in [0.25, 0.3) is 6.08 Å². The van der Waals surface area contributed by atoms with Gasteiger partial charge in [-0.25, -0.2) is 9.37 Å². The van der Waals surface area contributed by atoms with Gasteiger partial charge in [0.1, 0.15) is 18.2 Å². The molecule has 130 valence electrons. The van der Waals surface area contributed by atoms with Crippen molar-refractivity contribution in [2.24, 2.45) is 0 Å². The van der Waals surface area contributed by atoms with Crippen LogP contribution < -0.4 is 10.1 Å². The molecule has 1 N–H and O–H groups in total. The quantitative estimate of drug-likeness (QED) is 0.749. The van der Waals surface area contributed by atoms with E-state index in [2.05, 4.69) is 10.3 Å². The number of halogens is 1. The number of hydrogen-bond acceptors (Lipinski definition) is 4. The molecule has 2 aromatic carbocycles. The smallest absolute Gasteiger partial charge is 0.256 e. The normalized spacial score (nSPS) is 12.7. The summed E-state index contributed by atoms with van der Waals surface area (Å²) in [4.78, 5) is 17.6. The minimum atomic E-state index is -0.259. The molecule has 0 atom stereocenters. The van der Waals surface area contributed by atoms with Crippen LogP contribution in [0.5, 0.6) is 5.75 Å². The molecule has 26 heavy (non-hydrogen) atoms. The van der Waals surface area contributed by atoms with Gasteiger partial charge < -0.3 is 4.74 Å². The maximum atomic E-state index is 13.3. The number of carbonyl (C=O) groups excluding carboxylic acids is 1. The molecule has 1 aliphatic heterocycles. The average molecular weight is 366 g/mol. The second kappa shape index (κ2) is 7.09. The molecule has 0 spiro atoms. The molecular formula is C20H15FN2O2S. The number of carbonyl (C=O) groups is 1. The van der Waals surface area contributed by atoms with Crippen LogP contribution in [0.4, 0.5) is 9.52 Å². The Morgan fingerprint density at radius 2 is 2.12 bits per heavy atom. The predicted molar refractivity (Wildman–Crippen MR) is 99.9 cm³/mol. The number of thiazole rings is 1. The third-order valence-electron chi connectivity index (χ3n) is 3.96. The molecule has 1 aromatic heterocycles. The highest BCUT2D eigenvalue weighted by molar-refractivity contribution is 7.15. The number of fused-ring (bicyclic) bond motifs is 1. The maximum absolute atomic E-state index is 13.3. The van der Waals surface area contributed by atoms with Crippen molar-refractivity contribution in [1.82, 2.24) is 4.98 Å². The lowest BCUT2D eigenvalue weighted by atomic mass is 10.1. The van der Waals surface area contributed by atoms with Crippen molar-refractivity contribution >= 4 is 28.5 Å². The van der Waals surface area contributed by atoms with Crippen molar-refractivity contribution in [3.63, 3.8) is 0 Å². The van der Waals surface area contributed by atoms with Gasteiger partial charge in [0.2, 0.25) is 0 Å². The van der Waals surface area contributed by atoms with E-state index in [4.69, 9.17) is 4.74 Å². The number of benzene rings is 2. The van der Waals surface area contributed by atoms with Gasteiger partial charge in [-0.15, -0.1) is 11.3 Å². The zero-order valence-electron chi connectivity index (χ0n) is 13.7. The number of para-hydroxylation sites is 1. The lowest BCUT2D eigenvalue weighted by Gasteiger charge is -2.16.